The second kappa shape index (κ2) is 7.07. The molecule has 18 heavy (non-hydrogen) atoms. The highest BCUT2D eigenvalue weighted by Gasteiger charge is 2.07. The van der Waals surface area contributed by atoms with Gasteiger partial charge in [-0.3, -0.25) is 4.79 Å². The smallest absolute Gasteiger partial charge is 0.329 e. The summed E-state index contributed by atoms with van der Waals surface area (Å²) in [6.45, 7) is -0.184. The Morgan fingerprint density at radius 1 is 1.39 bits per heavy atom. The highest BCUT2D eigenvalue weighted by Crippen LogP contribution is 2.14. The number of halogens is 2. The first-order valence-corrected chi connectivity index (χ1v) is 5.82. The van der Waals surface area contributed by atoms with E-state index in [0.29, 0.717) is 4.47 Å². The van der Waals surface area contributed by atoms with Crippen LogP contribution >= 0.6 is 15.9 Å². The fourth-order valence-electron chi connectivity index (χ4n) is 1.18. The van der Waals surface area contributed by atoms with E-state index >= 15 is 0 Å². The third-order valence-corrected chi connectivity index (χ3v) is 2.34. The number of carbonyl (C=O) groups is 2. The zero-order chi connectivity index (χ0) is 13.5. The van der Waals surface area contributed by atoms with E-state index in [9.17, 15) is 14.0 Å². The lowest BCUT2D eigenvalue weighted by Crippen LogP contribution is -2.28. The zero-order valence-corrected chi connectivity index (χ0v) is 10.9. The number of carboxylic acid groups (broad SMARTS) is 1. The van der Waals surface area contributed by atoms with Gasteiger partial charge in [0.05, 0.1) is 6.61 Å². The summed E-state index contributed by atoms with van der Waals surface area (Å²) in [5.74, 6) is -2.04. The summed E-state index contributed by atoms with van der Waals surface area (Å²) in [6, 6.07) is 3.83. The molecule has 0 heterocycles. The van der Waals surface area contributed by atoms with Gasteiger partial charge >= 0.3 is 5.97 Å². The molecule has 5 nitrogen and oxygen atoms in total. The lowest BCUT2D eigenvalue weighted by molar-refractivity contribution is -0.142. The maximum Gasteiger partial charge on any atom is 0.329 e. The topological polar surface area (TPSA) is 75.6 Å². The lowest BCUT2D eigenvalue weighted by atomic mass is 10.2. The highest BCUT2D eigenvalue weighted by atomic mass is 79.9. The van der Waals surface area contributed by atoms with Crippen LogP contribution in [0.4, 0.5) is 4.39 Å². The van der Waals surface area contributed by atoms with Crippen molar-refractivity contribution in [2.24, 2.45) is 0 Å². The summed E-state index contributed by atoms with van der Waals surface area (Å²) >= 11 is 3.08. The molecule has 0 spiro atoms. The normalized spacial score (nSPS) is 10.1. The van der Waals surface area contributed by atoms with E-state index in [2.05, 4.69) is 21.2 Å². The predicted octanol–water partition coefficient (Wildman–Crippen LogP) is 1.42. The molecule has 0 unspecified atom stereocenters. The number of amides is 1. The van der Waals surface area contributed by atoms with Crippen LogP contribution in [-0.4, -0.2) is 36.7 Å². The molecule has 1 amide bonds. The van der Waals surface area contributed by atoms with Crippen LogP contribution in [-0.2, 0) is 9.53 Å². The Morgan fingerprint density at radius 3 is 2.72 bits per heavy atom. The first kappa shape index (κ1) is 14.6. The molecule has 7 heteroatoms. The molecule has 1 rings (SSSR count). The molecule has 0 aliphatic carbocycles. The number of aliphatic carboxylic acids is 1. The van der Waals surface area contributed by atoms with Gasteiger partial charge in [0, 0.05) is 16.6 Å². The number of benzene rings is 1. The quantitative estimate of drug-likeness (QED) is 0.777. The Hall–Kier alpha value is -1.47. The van der Waals surface area contributed by atoms with Crippen LogP contribution in [0.5, 0.6) is 0 Å². The van der Waals surface area contributed by atoms with E-state index in [1.807, 2.05) is 0 Å². The number of carboxylic acids is 1. The molecule has 0 radical (unpaired) electrons. The van der Waals surface area contributed by atoms with Gasteiger partial charge in [-0.25, -0.2) is 9.18 Å². The highest BCUT2D eigenvalue weighted by molar-refractivity contribution is 9.10. The SMILES string of the molecule is O=C(O)COCCNC(=O)c1cc(F)cc(Br)c1. The third-order valence-electron chi connectivity index (χ3n) is 1.88. The maximum atomic E-state index is 13.0. The molecule has 0 aromatic heterocycles. The number of rotatable bonds is 6. The third kappa shape index (κ3) is 5.24. The number of nitrogens with one attached hydrogen (secondary N) is 1. The van der Waals surface area contributed by atoms with Gasteiger partial charge in [-0.2, -0.15) is 0 Å². The molecule has 0 aliphatic rings. The van der Waals surface area contributed by atoms with Crippen molar-refractivity contribution in [2.45, 2.75) is 0 Å². The molecule has 98 valence electrons. The predicted molar refractivity (Wildman–Crippen MR) is 64.9 cm³/mol. The number of hydrogen-bond acceptors (Lipinski definition) is 3. The summed E-state index contributed by atoms with van der Waals surface area (Å²) in [5, 5.41) is 10.8. The van der Waals surface area contributed by atoms with Crippen LogP contribution in [0.1, 0.15) is 10.4 Å². The van der Waals surface area contributed by atoms with Gasteiger partial charge in [0.15, 0.2) is 0 Å². The first-order valence-electron chi connectivity index (χ1n) is 5.03. The molecular formula is C11H11BrFNO4. The molecule has 0 fully saturated rings. The molecule has 0 atom stereocenters. The zero-order valence-electron chi connectivity index (χ0n) is 9.28. The van der Waals surface area contributed by atoms with Crippen LogP contribution in [0.15, 0.2) is 22.7 Å². The van der Waals surface area contributed by atoms with Crippen molar-refractivity contribution < 1.29 is 23.8 Å². The minimum absolute atomic E-state index is 0.0779. The van der Waals surface area contributed by atoms with Crippen LogP contribution in [0.2, 0.25) is 0 Å². The monoisotopic (exact) mass is 319 g/mol. The molecule has 1 aromatic rings. The van der Waals surface area contributed by atoms with Gasteiger partial charge in [-0.05, 0) is 18.2 Å². The van der Waals surface area contributed by atoms with Crippen molar-refractivity contribution in [1.82, 2.24) is 5.32 Å². The standard InChI is InChI=1S/C11H11BrFNO4/c12-8-3-7(4-9(13)5-8)11(17)14-1-2-18-6-10(15)16/h3-5H,1-2,6H2,(H,14,17)(H,15,16). The Balaban J connectivity index is 2.38. The van der Waals surface area contributed by atoms with Gasteiger partial charge < -0.3 is 15.2 Å². The molecule has 2 N–H and O–H groups in total. The van der Waals surface area contributed by atoms with E-state index in [1.54, 1.807) is 0 Å². The summed E-state index contributed by atoms with van der Waals surface area (Å²) in [7, 11) is 0. The van der Waals surface area contributed by atoms with Crippen molar-refractivity contribution in [3.05, 3.63) is 34.1 Å². The second-order valence-electron chi connectivity index (χ2n) is 3.36. The van der Waals surface area contributed by atoms with Gasteiger partial charge in [0.2, 0.25) is 0 Å². The van der Waals surface area contributed by atoms with Crippen molar-refractivity contribution in [1.29, 1.82) is 0 Å². The van der Waals surface area contributed by atoms with E-state index in [1.165, 1.54) is 12.1 Å². The van der Waals surface area contributed by atoms with Crippen LogP contribution in [0.3, 0.4) is 0 Å². The lowest BCUT2D eigenvalue weighted by Gasteiger charge is -2.06. The largest absolute Gasteiger partial charge is 0.480 e. The van der Waals surface area contributed by atoms with Gasteiger partial charge in [0.1, 0.15) is 12.4 Å². The molecule has 0 saturated heterocycles. The maximum absolute atomic E-state index is 13.0. The van der Waals surface area contributed by atoms with E-state index < -0.39 is 24.3 Å². The number of hydrogen-bond donors (Lipinski definition) is 2. The van der Waals surface area contributed by atoms with Crippen molar-refractivity contribution in [3.63, 3.8) is 0 Å². The van der Waals surface area contributed by atoms with E-state index in [0.717, 1.165) is 6.07 Å². The van der Waals surface area contributed by atoms with E-state index in [4.69, 9.17) is 9.84 Å². The summed E-state index contributed by atoms with van der Waals surface area (Å²) in [4.78, 5) is 21.7. The Morgan fingerprint density at radius 2 is 2.11 bits per heavy atom. The minimum atomic E-state index is -1.07. The molecule has 0 aliphatic heterocycles. The van der Waals surface area contributed by atoms with Crippen LogP contribution in [0, 0.1) is 5.82 Å². The first-order chi connectivity index (χ1) is 8.49. The molecule has 0 bridgehead atoms. The van der Waals surface area contributed by atoms with Crippen molar-refractivity contribution in [3.8, 4) is 0 Å². The summed E-state index contributed by atoms with van der Waals surface area (Å²) < 4.78 is 18.2. The van der Waals surface area contributed by atoms with Gasteiger partial charge in [-0.1, -0.05) is 15.9 Å². The molecular weight excluding hydrogens is 309 g/mol. The van der Waals surface area contributed by atoms with Gasteiger partial charge in [-0.15, -0.1) is 0 Å². The molecule has 0 saturated carbocycles. The Bertz CT molecular complexity index is 432. The average molecular weight is 320 g/mol. The van der Waals surface area contributed by atoms with Gasteiger partial charge in [0.25, 0.3) is 5.91 Å². The molecule has 1 aromatic carbocycles. The fourth-order valence-corrected chi connectivity index (χ4v) is 1.65. The van der Waals surface area contributed by atoms with E-state index in [-0.39, 0.29) is 18.7 Å². The summed E-state index contributed by atoms with van der Waals surface area (Å²) in [6.07, 6.45) is 0. The second-order valence-corrected chi connectivity index (χ2v) is 4.28. The Kier molecular flexibility index (Phi) is 5.73. The minimum Gasteiger partial charge on any atom is -0.480 e. The van der Waals surface area contributed by atoms with Crippen LogP contribution in [0.25, 0.3) is 0 Å². The Labute approximate surface area is 111 Å². The van der Waals surface area contributed by atoms with Crippen molar-refractivity contribution >= 4 is 27.8 Å². The summed E-state index contributed by atoms with van der Waals surface area (Å²) in [5.41, 5.74) is 0.181. The van der Waals surface area contributed by atoms with Crippen LogP contribution < -0.4 is 5.32 Å². The fraction of sp³-hybridized carbons (Fsp3) is 0.273. The number of ether oxygens (including phenoxy) is 1. The average Bonchev–Trinajstić information content (AvgIpc) is 2.26. The van der Waals surface area contributed by atoms with Crippen molar-refractivity contribution in [2.75, 3.05) is 19.8 Å². The number of carbonyl (C=O) groups excluding carboxylic acids is 1.